The van der Waals surface area contributed by atoms with Gasteiger partial charge in [0.05, 0.1) is 16.9 Å². The standard InChI is InChI=1S/C19H19BFNO4/c1-6-11-8-7-9-12-15(11)13(10-14(16(12)21)22-17(23)24)20-25-18(2,3)19(4,5)26-20/h1,7-10,22H,2-5H3,(H,23,24). The molecule has 26 heavy (non-hydrogen) atoms. The van der Waals surface area contributed by atoms with Crippen molar-refractivity contribution in [2.24, 2.45) is 0 Å². The van der Waals surface area contributed by atoms with E-state index in [1.807, 2.05) is 27.7 Å². The van der Waals surface area contributed by atoms with E-state index in [1.165, 1.54) is 6.07 Å². The highest BCUT2D eigenvalue weighted by molar-refractivity contribution is 6.65. The third kappa shape index (κ3) is 2.81. The van der Waals surface area contributed by atoms with Gasteiger partial charge >= 0.3 is 13.2 Å². The molecule has 1 aliphatic rings. The van der Waals surface area contributed by atoms with E-state index >= 15 is 0 Å². The van der Waals surface area contributed by atoms with Crippen molar-refractivity contribution in [2.75, 3.05) is 5.32 Å². The number of fused-ring (bicyclic) bond motifs is 1. The lowest BCUT2D eigenvalue weighted by molar-refractivity contribution is 0.00578. The van der Waals surface area contributed by atoms with Crippen molar-refractivity contribution in [3.63, 3.8) is 0 Å². The quantitative estimate of drug-likeness (QED) is 0.641. The molecule has 1 heterocycles. The van der Waals surface area contributed by atoms with E-state index < -0.39 is 30.2 Å². The highest BCUT2D eigenvalue weighted by atomic mass is 19.1. The smallest absolute Gasteiger partial charge is 0.465 e. The number of benzene rings is 2. The molecule has 7 heteroatoms. The summed E-state index contributed by atoms with van der Waals surface area (Å²) in [4.78, 5) is 11.0. The molecule has 3 rings (SSSR count). The van der Waals surface area contributed by atoms with E-state index in [0.717, 1.165) is 0 Å². The normalized spacial score (nSPS) is 17.9. The van der Waals surface area contributed by atoms with Crippen LogP contribution in [-0.2, 0) is 9.31 Å². The fourth-order valence-electron chi connectivity index (χ4n) is 2.96. The topological polar surface area (TPSA) is 67.8 Å². The monoisotopic (exact) mass is 355 g/mol. The van der Waals surface area contributed by atoms with Crippen LogP contribution in [0.2, 0.25) is 0 Å². The molecule has 2 aromatic carbocycles. The third-order valence-corrected chi connectivity index (χ3v) is 5.03. The lowest BCUT2D eigenvalue weighted by Crippen LogP contribution is -2.41. The number of hydrogen-bond donors (Lipinski definition) is 2. The van der Waals surface area contributed by atoms with Gasteiger partial charge in [0.25, 0.3) is 0 Å². The van der Waals surface area contributed by atoms with Gasteiger partial charge in [-0.15, -0.1) is 6.42 Å². The Bertz CT molecular complexity index is 933. The maximum absolute atomic E-state index is 14.8. The number of carbonyl (C=O) groups is 1. The van der Waals surface area contributed by atoms with Crippen molar-refractivity contribution in [1.82, 2.24) is 0 Å². The molecule has 0 radical (unpaired) electrons. The number of nitrogens with one attached hydrogen (secondary N) is 1. The van der Waals surface area contributed by atoms with Crippen LogP contribution in [0.4, 0.5) is 14.9 Å². The Kier molecular flexibility index (Phi) is 4.22. The molecule has 1 fully saturated rings. The molecule has 2 aromatic rings. The Hall–Kier alpha value is -2.56. The molecule has 0 atom stereocenters. The Morgan fingerprint density at radius 2 is 1.88 bits per heavy atom. The van der Waals surface area contributed by atoms with Crippen molar-refractivity contribution in [2.45, 2.75) is 38.9 Å². The molecule has 0 aromatic heterocycles. The summed E-state index contributed by atoms with van der Waals surface area (Å²) in [6.07, 6.45) is 4.23. The molecule has 2 N–H and O–H groups in total. The number of halogens is 1. The maximum atomic E-state index is 14.8. The molecule has 5 nitrogen and oxygen atoms in total. The molecule has 0 aliphatic carbocycles. The largest absolute Gasteiger partial charge is 0.495 e. The average molecular weight is 355 g/mol. The predicted molar refractivity (Wildman–Crippen MR) is 99.2 cm³/mol. The van der Waals surface area contributed by atoms with Crippen LogP contribution in [0.15, 0.2) is 24.3 Å². The molecule has 1 saturated heterocycles. The van der Waals surface area contributed by atoms with Crippen LogP contribution < -0.4 is 10.8 Å². The van der Waals surface area contributed by atoms with E-state index in [4.69, 9.17) is 20.8 Å². The van der Waals surface area contributed by atoms with Crippen LogP contribution in [-0.4, -0.2) is 29.5 Å². The summed E-state index contributed by atoms with van der Waals surface area (Å²) in [6, 6.07) is 6.25. The molecule has 0 bridgehead atoms. The average Bonchev–Trinajstić information content (AvgIpc) is 2.77. The van der Waals surface area contributed by atoms with Gasteiger partial charge in [0.15, 0.2) is 5.82 Å². The second-order valence-corrected chi connectivity index (χ2v) is 7.22. The maximum Gasteiger partial charge on any atom is 0.495 e. The van der Waals surface area contributed by atoms with Crippen LogP contribution >= 0.6 is 0 Å². The van der Waals surface area contributed by atoms with Crippen molar-refractivity contribution in [3.8, 4) is 12.3 Å². The van der Waals surface area contributed by atoms with Crippen LogP contribution in [0.25, 0.3) is 10.8 Å². The zero-order valence-corrected chi connectivity index (χ0v) is 15.0. The first kappa shape index (κ1) is 18.2. The highest BCUT2D eigenvalue weighted by Crippen LogP contribution is 2.38. The molecular weight excluding hydrogens is 336 g/mol. The van der Waals surface area contributed by atoms with Gasteiger partial charge in [-0.25, -0.2) is 9.18 Å². The zero-order chi connectivity index (χ0) is 19.3. The molecule has 134 valence electrons. The minimum atomic E-state index is -1.36. The number of carboxylic acid groups (broad SMARTS) is 1. The second kappa shape index (κ2) is 6.01. The summed E-state index contributed by atoms with van der Waals surface area (Å²) >= 11 is 0. The van der Waals surface area contributed by atoms with E-state index in [0.29, 0.717) is 16.4 Å². The number of rotatable bonds is 2. The summed E-state index contributed by atoms with van der Waals surface area (Å²) in [5, 5.41) is 11.8. The number of terminal acetylenes is 1. The molecule has 0 spiro atoms. The first-order chi connectivity index (χ1) is 12.1. The van der Waals surface area contributed by atoms with Gasteiger partial charge in [-0.1, -0.05) is 18.1 Å². The number of hydrogen-bond acceptors (Lipinski definition) is 3. The third-order valence-electron chi connectivity index (χ3n) is 5.03. The van der Waals surface area contributed by atoms with Gasteiger partial charge in [0, 0.05) is 16.3 Å². The van der Waals surface area contributed by atoms with Gasteiger partial charge in [-0.05, 0) is 45.3 Å². The van der Waals surface area contributed by atoms with E-state index in [1.54, 1.807) is 18.2 Å². The first-order valence-corrected chi connectivity index (χ1v) is 8.15. The molecule has 1 amide bonds. The predicted octanol–water partition coefficient (Wildman–Crippen LogP) is 3.35. The Labute approximate surface area is 151 Å². The van der Waals surface area contributed by atoms with Crippen molar-refractivity contribution < 1.29 is 23.6 Å². The Morgan fingerprint density at radius 3 is 2.42 bits per heavy atom. The summed E-state index contributed by atoms with van der Waals surface area (Å²) in [7, 11) is -0.813. The summed E-state index contributed by atoms with van der Waals surface area (Å²) in [6.45, 7) is 7.60. The van der Waals surface area contributed by atoms with Crippen molar-refractivity contribution in [3.05, 3.63) is 35.6 Å². The van der Waals surface area contributed by atoms with Crippen molar-refractivity contribution >= 4 is 35.1 Å². The second-order valence-electron chi connectivity index (χ2n) is 7.22. The molecule has 0 unspecified atom stereocenters. The SMILES string of the molecule is C#Cc1cccc2c(F)c(NC(=O)O)cc(B3OC(C)(C)C(C)(C)O3)c12. The minimum Gasteiger partial charge on any atom is -0.465 e. The number of anilines is 1. The van der Waals surface area contributed by atoms with E-state index in [2.05, 4.69) is 11.2 Å². The Morgan fingerprint density at radius 1 is 1.27 bits per heavy atom. The van der Waals surface area contributed by atoms with E-state index in [9.17, 15) is 9.18 Å². The van der Waals surface area contributed by atoms with Gasteiger partial charge in [0.1, 0.15) is 0 Å². The van der Waals surface area contributed by atoms with Crippen molar-refractivity contribution in [1.29, 1.82) is 0 Å². The molecule has 0 saturated carbocycles. The lowest BCUT2D eigenvalue weighted by atomic mass is 9.74. The van der Waals surface area contributed by atoms with Crippen LogP contribution in [0.3, 0.4) is 0 Å². The summed E-state index contributed by atoms with van der Waals surface area (Å²) in [5.74, 6) is 1.85. The van der Waals surface area contributed by atoms with Crippen LogP contribution in [0.5, 0.6) is 0 Å². The minimum absolute atomic E-state index is 0.177. The fourth-order valence-corrected chi connectivity index (χ4v) is 2.96. The summed E-state index contributed by atoms with van der Waals surface area (Å²) in [5.41, 5.74) is -0.428. The van der Waals surface area contributed by atoms with E-state index in [-0.39, 0.29) is 11.1 Å². The van der Waals surface area contributed by atoms with Gasteiger partial charge in [0.2, 0.25) is 0 Å². The lowest BCUT2D eigenvalue weighted by Gasteiger charge is -2.32. The van der Waals surface area contributed by atoms with Crippen LogP contribution in [0.1, 0.15) is 33.3 Å². The number of amides is 1. The highest BCUT2D eigenvalue weighted by Gasteiger charge is 2.52. The molecule has 1 aliphatic heterocycles. The first-order valence-electron chi connectivity index (χ1n) is 8.15. The zero-order valence-electron chi connectivity index (χ0n) is 15.0. The fraction of sp³-hybridized carbons (Fsp3) is 0.316. The Balaban J connectivity index is 2.28. The van der Waals surface area contributed by atoms with Gasteiger partial charge in [-0.2, -0.15) is 0 Å². The van der Waals surface area contributed by atoms with Gasteiger partial charge < -0.3 is 14.4 Å². The molecular formula is C19H19BFNO4. The summed E-state index contributed by atoms with van der Waals surface area (Å²) < 4.78 is 27.0. The van der Waals surface area contributed by atoms with Gasteiger partial charge in [-0.3, -0.25) is 5.32 Å². The van der Waals surface area contributed by atoms with Crippen LogP contribution in [0, 0.1) is 18.2 Å².